The number of hydrogen-bond donors (Lipinski definition) is 0. The molecular weight excluding hydrogens is 560 g/mol. The van der Waals surface area contributed by atoms with Crippen molar-refractivity contribution in [1.29, 1.82) is 0 Å². The molecule has 0 bridgehead atoms. The molecule has 46 heavy (non-hydrogen) atoms. The first-order chi connectivity index (χ1) is 22.7. The van der Waals surface area contributed by atoms with Crippen LogP contribution >= 0.6 is 0 Å². The highest BCUT2D eigenvalue weighted by atomic mass is 16.2. The number of hydrogen-bond acceptors (Lipinski definition) is 2. The molecule has 0 radical (unpaired) electrons. The van der Waals surface area contributed by atoms with Gasteiger partial charge < -0.3 is 9.80 Å². The number of amides is 1. The molecule has 6 aromatic carbocycles. The number of benzene rings is 6. The topological polar surface area (TPSA) is 23.6 Å². The first-order valence-corrected chi connectivity index (χ1v) is 17.0. The molecule has 1 saturated heterocycles. The lowest BCUT2D eigenvalue weighted by Gasteiger charge is -2.40. The molecular formula is C43H38N2O. The number of para-hydroxylation sites is 1. The van der Waals surface area contributed by atoms with Crippen LogP contribution in [0.1, 0.15) is 54.4 Å². The van der Waals surface area contributed by atoms with Crippen LogP contribution in [0, 0.1) is 0 Å². The van der Waals surface area contributed by atoms with E-state index in [0.29, 0.717) is 5.92 Å². The average molecular weight is 599 g/mol. The summed E-state index contributed by atoms with van der Waals surface area (Å²) in [7, 11) is 0. The third-order valence-corrected chi connectivity index (χ3v) is 11.1. The summed E-state index contributed by atoms with van der Waals surface area (Å²) in [6.07, 6.45) is 7.25. The Hall–Kier alpha value is -4.89. The van der Waals surface area contributed by atoms with Gasteiger partial charge in [-0.1, -0.05) is 109 Å². The molecule has 0 aromatic heterocycles. The highest BCUT2D eigenvalue weighted by Gasteiger charge is 2.38. The van der Waals surface area contributed by atoms with E-state index in [9.17, 15) is 4.79 Å². The summed E-state index contributed by atoms with van der Waals surface area (Å²) in [6.45, 7) is 3.87. The van der Waals surface area contributed by atoms with Crippen LogP contribution in [0.2, 0.25) is 0 Å². The van der Waals surface area contributed by atoms with Gasteiger partial charge in [0.1, 0.15) is 0 Å². The van der Waals surface area contributed by atoms with E-state index in [1.54, 1.807) is 5.56 Å². The van der Waals surface area contributed by atoms with Crippen LogP contribution in [0.25, 0.3) is 37.9 Å². The normalized spacial score (nSPS) is 19.4. The van der Waals surface area contributed by atoms with Gasteiger partial charge in [-0.2, -0.15) is 0 Å². The number of carbonyl (C=O) groups is 1. The molecule has 2 heterocycles. The number of anilines is 2. The number of carbonyl (C=O) groups excluding carboxylic acids is 1. The summed E-state index contributed by atoms with van der Waals surface area (Å²) in [5.41, 5.74) is 8.94. The predicted octanol–water partition coefficient (Wildman–Crippen LogP) is 9.84. The van der Waals surface area contributed by atoms with Crippen LogP contribution in [0.3, 0.4) is 0 Å². The van der Waals surface area contributed by atoms with Crippen molar-refractivity contribution >= 4 is 55.2 Å². The van der Waals surface area contributed by atoms with Crippen LogP contribution in [0.15, 0.2) is 115 Å². The number of allylic oxidation sites excluding steroid dienone is 1. The van der Waals surface area contributed by atoms with Crippen molar-refractivity contribution in [3.05, 3.63) is 138 Å². The molecule has 3 nitrogen and oxygen atoms in total. The minimum Gasteiger partial charge on any atom is -0.371 e. The van der Waals surface area contributed by atoms with E-state index in [1.165, 1.54) is 49.1 Å². The van der Waals surface area contributed by atoms with Gasteiger partial charge >= 0.3 is 0 Å². The van der Waals surface area contributed by atoms with E-state index in [0.717, 1.165) is 62.0 Å². The maximum atomic E-state index is 13.6. The second-order valence-electron chi connectivity index (χ2n) is 13.4. The molecule has 2 aliphatic heterocycles. The molecule has 1 fully saturated rings. The minimum absolute atomic E-state index is 0.161. The second kappa shape index (κ2) is 10.9. The quantitative estimate of drug-likeness (QED) is 0.150. The molecule has 6 aromatic rings. The molecule has 0 saturated carbocycles. The molecule has 0 spiro atoms. The Morgan fingerprint density at radius 2 is 1.37 bits per heavy atom. The molecule has 3 heteroatoms. The summed E-state index contributed by atoms with van der Waals surface area (Å²) in [4.78, 5) is 18.3. The molecule has 1 unspecified atom stereocenters. The van der Waals surface area contributed by atoms with Crippen LogP contribution in [0.4, 0.5) is 11.4 Å². The first-order valence-electron chi connectivity index (χ1n) is 17.0. The summed E-state index contributed by atoms with van der Waals surface area (Å²) in [6, 6.07) is 40.4. The van der Waals surface area contributed by atoms with Gasteiger partial charge in [-0.05, 0) is 94.6 Å². The summed E-state index contributed by atoms with van der Waals surface area (Å²) < 4.78 is 0. The summed E-state index contributed by atoms with van der Waals surface area (Å²) in [5.74, 6) is 0.640. The van der Waals surface area contributed by atoms with Gasteiger partial charge in [0.2, 0.25) is 0 Å². The molecule has 1 atom stereocenters. The highest BCUT2D eigenvalue weighted by molar-refractivity contribution is 6.32. The average Bonchev–Trinajstić information content (AvgIpc) is 3.41. The van der Waals surface area contributed by atoms with E-state index in [1.807, 2.05) is 19.1 Å². The smallest absolute Gasteiger partial charge is 0.258 e. The fraction of sp³-hybridized carbons (Fsp3) is 0.233. The Labute approximate surface area is 270 Å². The van der Waals surface area contributed by atoms with Crippen molar-refractivity contribution in [2.24, 2.45) is 0 Å². The lowest BCUT2D eigenvalue weighted by Crippen LogP contribution is -2.46. The molecule has 1 aliphatic carbocycles. The van der Waals surface area contributed by atoms with Gasteiger partial charge in [-0.25, -0.2) is 0 Å². The fourth-order valence-electron chi connectivity index (χ4n) is 8.84. The zero-order valence-electron chi connectivity index (χ0n) is 26.4. The predicted molar refractivity (Wildman–Crippen MR) is 193 cm³/mol. The van der Waals surface area contributed by atoms with Crippen LogP contribution in [0.5, 0.6) is 0 Å². The van der Waals surface area contributed by atoms with Gasteiger partial charge in [0.15, 0.2) is 0 Å². The van der Waals surface area contributed by atoms with E-state index in [2.05, 4.69) is 113 Å². The monoisotopic (exact) mass is 598 g/mol. The Bertz CT molecular complexity index is 2200. The molecule has 3 aliphatic rings. The fourth-order valence-corrected chi connectivity index (χ4v) is 8.84. The first kappa shape index (κ1) is 27.4. The maximum Gasteiger partial charge on any atom is 0.258 e. The highest BCUT2D eigenvalue weighted by Crippen LogP contribution is 2.45. The number of nitrogens with zero attached hydrogens (tertiary/aromatic N) is 2. The molecule has 9 rings (SSSR count). The van der Waals surface area contributed by atoms with Gasteiger partial charge in [-0.3, -0.25) is 4.79 Å². The number of piperidine rings is 1. The van der Waals surface area contributed by atoms with Crippen molar-refractivity contribution < 1.29 is 4.79 Å². The molecule has 0 N–H and O–H groups in total. The maximum absolute atomic E-state index is 13.6. The van der Waals surface area contributed by atoms with Crippen molar-refractivity contribution in [2.45, 2.75) is 51.0 Å². The van der Waals surface area contributed by atoms with Crippen LogP contribution < -0.4 is 9.80 Å². The van der Waals surface area contributed by atoms with E-state index in [-0.39, 0.29) is 11.9 Å². The van der Waals surface area contributed by atoms with Crippen molar-refractivity contribution in [1.82, 2.24) is 0 Å². The lowest BCUT2D eigenvalue weighted by molar-refractivity contribution is -0.113. The van der Waals surface area contributed by atoms with Crippen LogP contribution in [-0.4, -0.2) is 25.0 Å². The number of aryl methyl sites for hydroxylation is 1. The zero-order chi connectivity index (χ0) is 30.8. The van der Waals surface area contributed by atoms with E-state index < -0.39 is 0 Å². The van der Waals surface area contributed by atoms with Crippen molar-refractivity contribution in [3.63, 3.8) is 0 Å². The Morgan fingerprint density at radius 1 is 0.674 bits per heavy atom. The van der Waals surface area contributed by atoms with Gasteiger partial charge in [-0.15, -0.1) is 0 Å². The van der Waals surface area contributed by atoms with Gasteiger partial charge in [0.05, 0.1) is 5.69 Å². The Morgan fingerprint density at radius 3 is 2.20 bits per heavy atom. The zero-order valence-corrected chi connectivity index (χ0v) is 26.4. The van der Waals surface area contributed by atoms with E-state index >= 15 is 0 Å². The summed E-state index contributed by atoms with van der Waals surface area (Å²) >= 11 is 0. The largest absolute Gasteiger partial charge is 0.371 e. The molecule has 1 amide bonds. The van der Waals surface area contributed by atoms with Crippen molar-refractivity contribution in [2.75, 3.05) is 22.9 Å². The molecule has 226 valence electrons. The van der Waals surface area contributed by atoms with E-state index in [4.69, 9.17) is 0 Å². The second-order valence-corrected chi connectivity index (χ2v) is 13.4. The van der Waals surface area contributed by atoms with Gasteiger partial charge in [0.25, 0.3) is 5.91 Å². The third kappa shape index (κ3) is 4.21. The SMILES string of the molecule is CC=C1C(=O)N(C2CCN(c3c(C4CCc5c(ccc6c5ccc5ccccc56)C4)ccc4ccccc34)CC2)c2ccccc21. The van der Waals surface area contributed by atoms with Crippen molar-refractivity contribution in [3.8, 4) is 0 Å². The Kier molecular flexibility index (Phi) is 6.48. The standard InChI is InChI=1S/C43H38N2O/c1-2-33-40-13-7-8-14-41(40)45(43(33)46)32-23-25-44(26-24-32)42-36-12-6-4-10-29(36)15-20-37(42)31-17-19-35-30(27-31)18-22-38-34-11-5-3-9-28(34)16-21-39(35)38/h2-16,18,20-22,31-32H,17,19,23-27H2,1H3. The van der Waals surface area contributed by atoms with Crippen LogP contribution in [-0.2, 0) is 17.6 Å². The summed E-state index contributed by atoms with van der Waals surface area (Å²) in [5, 5.41) is 8.13. The number of fused-ring (bicyclic) bond motifs is 7. The Balaban J connectivity index is 1.04. The lowest BCUT2D eigenvalue weighted by atomic mass is 9.77. The number of rotatable bonds is 3. The van der Waals surface area contributed by atoms with Gasteiger partial charge in [0, 0.05) is 41.3 Å². The third-order valence-electron chi connectivity index (χ3n) is 11.1. The minimum atomic E-state index is 0.161.